The van der Waals surface area contributed by atoms with Crippen molar-refractivity contribution in [1.82, 2.24) is 19.7 Å². The van der Waals surface area contributed by atoms with Gasteiger partial charge in [0.1, 0.15) is 17.2 Å². The zero-order valence-corrected chi connectivity index (χ0v) is 21.9. The summed E-state index contributed by atoms with van der Waals surface area (Å²) in [4.78, 5) is 16.7. The van der Waals surface area contributed by atoms with E-state index in [0.29, 0.717) is 11.5 Å². The van der Waals surface area contributed by atoms with Gasteiger partial charge < -0.3 is 10.2 Å². The average molecular weight is 513 g/mol. The minimum atomic E-state index is 0.00421. The molecule has 1 unspecified atom stereocenters. The molecule has 0 amide bonds. The molecule has 2 aliphatic heterocycles. The zero-order valence-electron chi connectivity index (χ0n) is 21.2. The van der Waals surface area contributed by atoms with E-state index in [4.69, 9.17) is 21.6 Å². The zero-order chi connectivity index (χ0) is 25.0. The van der Waals surface area contributed by atoms with Crippen LogP contribution in [0.2, 0.25) is 0 Å². The lowest BCUT2D eigenvalue weighted by atomic mass is 9.75. The van der Waals surface area contributed by atoms with Crippen molar-refractivity contribution in [2.75, 3.05) is 18.0 Å². The molecule has 1 aromatic carbocycles. The van der Waals surface area contributed by atoms with Gasteiger partial charge in [-0.3, -0.25) is 4.40 Å². The molecule has 1 atom stereocenters. The molecule has 6 nitrogen and oxygen atoms in total. The Morgan fingerprint density at radius 2 is 2.03 bits per heavy atom. The second kappa shape index (κ2) is 9.02. The van der Waals surface area contributed by atoms with Crippen LogP contribution in [0.4, 0.5) is 5.82 Å². The van der Waals surface area contributed by atoms with Crippen molar-refractivity contribution >= 4 is 29.2 Å². The fourth-order valence-corrected chi connectivity index (χ4v) is 6.87. The third-order valence-corrected chi connectivity index (χ3v) is 9.21. The fraction of sp³-hybridized carbons (Fsp3) is 0.433. The van der Waals surface area contributed by atoms with Gasteiger partial charge >= 0.3 is 0 Å². The number of aromatic nitrogens is 3. The molecule has 1 saturated carbocycles. The maximum absolute atomic E-state index is 6.86. The Morgan fingerprint density at radius 1 is 1.16 bits per heavy atom. The Bertz CT molecular complexity index is 1420. The van der Waals surface area contributed by atoms with E-state index >= 15 is 0 Å². The summed E-state index contributed by atoms with van der Waals surface area (Å²) in [5.74, 6) is 2.80. The summed E-state index contributed by atoms with van der Waals surface area (Å²) < 4.78 is 2.18. The molecule has 0 bridgehead atoms. The second-order valence-electron chi connectivity index (χ2n) is 11.2. The number of imidazole rings is 1. The molecule has 190 valence electrons. The molecule has 1 N–H and O–H groups in total. The lowest BCUT2D eigenvalue weighted by Crippen LogP contribution is -2.41. The summed E-state index contributed by atoms with van der Waals surface area (Å²) in [6.45, 7) is 6.00. The lowest BCUT2D eigenvalue weighted by Gasteiger charge is -2.40. The highest BCUT2D eigenvalue weighted by atomic mass is 35.5. The number of piperidine rings is 1. The monoisotopic (exact) mass is 512 g/mol. The predicted octanol–water partition coefficient (Wildman–Crippen LogP) is 5.56. The van der Waals surface area contributed by atoms with Gasteiger partial charge in [0.05, 0.1) is 17.1 Å². The number of allylic oxidation sites excluding steroid dienone is 2. The number of hydrogen-bond donors (Lipinski definition) is 1. The van der Waals surface area contributed by atoms with Crippen LogP contribution in [0.5, 0.6) is 0 Å². The Kier molecular flexibility index (Phi) is 5.61. The molecule has 2 aliphatic carbocycles. The van der Waals surface area contributed by atoms with E-state index in [1.807, 2.05) is 30.9 Å². The molecular weight excluding hydrogens is 480 g/mol. The van der Waals surface area contributed by atoms with Crippen molar-refractivity contribution in [3.8, 4) is 0 Å². The van der Waals surface area contributed by atoms with Crippen LogP contribution in [-0.2, 0) is 19.3 Å². The normalized spacial score (nSPS) is 22.6. The van der Waals surface area contributed by atoms with Crippen molar-refractivity contribution in [2.45, 2.75) is 63.3 Å². The highest BCUT2D eigenvalue weighted by Crippen LogP contribution is 2.46. The minimum Gasteiger partial charge on any atom is -0.366 e. The van der Waals surface area contributed by atoms with Gasteiger partial charge in [-0.2, -0.15) is 0 Å². The summed E-state index contributed by atoms with van der Waals surface area (Å²) in [7, 11) is 0. The summed E-state index contributed by atoms with van der Waals surface area (Å²) in [5.41, 5.74) is 6.01. The highest BCUT2D eigenvalue weighted by Gasteiger charge is 2.41. The number of anilines is 1. The minimum absolute atomic E-state index is 0.00421. The van der Waals surface area contributed by atoms with Crippen LogP contribution in [0.15, 0.2) is 65.3 Å². The van der Waals surface area contributed by atoms with Gasteiger partial charge in [0.15, 0.2) is 5.82 Å². The largest absolute Gasteiger partial charge is 0.366 e. The number of nitrogens with one attached hydrogen (secondary N) is 1. The van der Waals surface area contributed by atoms with Gasteiger partial charge in [-0.1, -0.05) is 35.9 Å². The third kappa shape index (κ3) is 4.06. The molecule has 4 aliphatic rings. The van der Waals surface area contributed by atoms with Crippen molar-refractivity contribution in [3.63, 3.8) is 0 Å². The van der Waals surface area contributed by atoms with Crippen LogP contribution in [0, 0.1) is 5.41 Å². The van der Waals surface area contributed by atoms with E-state index in [1.165, 1.54) is 44.1 Å². The first kappa shape index (κ1) is 23.0. The summed E-state index contributed by atoms with van der Waals surface area (Å²) in [6, 6.07) is 7.34. The highest BCUT2D eigenvalue weighted by molar-refractivity contribution is 6.31. The summed E-state index contributed by atoms with van der Waals surface area (Å²) in [5, 5.41) is 4.23. The van der Waals surface area contributed by atoms with Gasteiger partial charge in [0, 0.05) is 37.7 Å². The van der Waals surface area contributed by atoms with Gasteiger partial charge in [-0.05, 0) is 73.5 Å². The Labute approximate surface area is 223 Å². The lowest BCUT2D eigenvalue weighted by molar-refractivity contribution is 0.232. The molecule has 1 saturated heterocycles. The third-order valence-electron chi connectivity index (χ3n) is 8.77. The number of aliphatic imine (C=N–C) groups is 1. The number of benzene rings is 1. The molecule has 37 heavy (non-hydrogen) atoms. The SMILES string of the molecule is C=CCc1cccc2c1CC1(CCN(c3nccn4c(C5CC=NC(NC6CC6)=C5Cl)ncc34)CC1)C2. The molecule has 2 aromatic heterocycles. The van der Waals surface area contributed by atoms with Crippen molar-refractivity contribution in [1.29, 1.82) is 0 Å². The van der Waals surface area contributed by atoms with E-state index < -0.39 is 0 Å². The molecule has 7 rings (SSSR count). The Balaban J connectivity index is 1.12. The smallest absolute Gasteiger partial charge is 0.154 e. The van der Waals surface area contributed by atoms with Gasteiger partial charge in [-0.15, -0.1) is 6.58 Å². The summed E-state index contributed by atoms with van der Waals surface area (Å²) >= 11 is 6.86. The topological polar surface area (TPSA) is 57.8 Å². The van der Waals surface area contributed by atoms with Gasteiger partial charge in [0.25, 0.3) is 0 Å². The number of hydrogen-bond acceptors (Lipinski definition) is 5. The first-order valence-corrected chi connectivity index (χ1v) is 14.0. The molecule has 7 heteroatoms. The molecule has 1 spiro atoms. The maximum atomic E-state index is 6.86. The quantitative estimate of drug-likeness (QED) is 0.439. The van der Waals surface area contributed by atoms with Crippen molar-refractivity contribution < 1.29 is 0 Å². The molecule has 0 radical (unpaired) electrons. The van der Waals surface area contributed by atoms with Crippen LogP contribution < -0.4 is 10.2 Å². The summed E-state index contributed by atoms with van der Waals surface area (Å²) in [6.07, 6.45) is 18.7. The van der Waals surface area contributed by atoms with Crippen molar-refractivity contribution in [3.05, 3.63) is 82.8 Å². The maximum Gasteiger partial charge on any atom is 0.154 e. The predicted molar refractivity (Wildman–Crippen MR) is 150 cm³/mol. The van der Waals surface area contributed by atoms with E-state index in [1.54, 1.807) is 11.1 Å². The molecule has 4 heterocycles. The van der Waals surface area contributed by atoms with Crippen LogP contribution >= 0.6 is 11.6 Å². The number of rotatable bonds is 6. The first-order chi connectivity index (χ1) is 18.1. The first-order valence-electron chi connectivity index (χ1n) is 13.6. The fourth-order valence-electron chi connectivity index (χ4n) is 6.58. The molecule has 2 fully saturated rings. The van der Waals surface area contributed by atoms with Crippen LogP contribution in [0.25, 0.3) is 5.52 Å². The van der Waals surface area contributed by atoms with Gasteiger partial charge in [0.2, 0.25) is 0 Å². The van der Waals surface area contributed by atoms with Crippen LogP contribution in [-0.4, -0.2) is 39.7 Å². The molecule has 3 aromatic rings. The van der Waals surface area contributed by atoms with Crippen LogP contribution in [0.3, 0.4) is 0 Å². The number of halogens is 1. The van der Waals surface area contributed by atoms with Gasteiger partial charge in [-0.25, -0.2) is 15.0 Å². The Morgan fingerprint density at radius 3 is 2.84 bits per heavy atom. The van der Waals surface area contributed by atoms with Crippen molar-refractivity contribution in [2.24, 2.45) is 10.4 Å². The standard InChI is InChI=1S/C30H33ClN6/c1-2-4-20-5-3-6-21-17-30(18-24(20)21)10-14-36(15-11-30)29-25-19-34-28(37(25)16-13-33-29)23-9-12-32-27(26(23)31)35-22-7-8-22/h2-3,5-6,12-13,16,19,22-23,35H,1,4,7-11,14-15,17-18H2. The second-order valence-corrected chi connectivity index (χ2v) is 11.6. The van der Waals surface area contributed by atoms with E-state index in [-0.39, 0.29) is 5.92 Å². The number of nitrogens with zero attached hydrogens (tertiary/aromatic N) is 5. The van der Waals surface area contributed by atoms with E-state index in [9.17, 15) is 0 Å². The molecular formula is C30H33ClN6. The van der Waals surface area contributed by atoms with E-state index in [2.05, 4.69) is 44.4 Å². The van der Waals surface area contributed by atoms with E-state index in [0.717, 1.165) is 53.9 Å². The average Bonchev–Trinajstić information content (AvgIpc) is 3.50. The number of fused-ring (bicyclic) bond motifs is 2. The Hall–Kier alpha value is -3.12. The van der Waals surface area contributed by atoms with Crippen LogP contribution in [0.1, 0.15) is 60.5 Å².